The molecule has 0 fully saturated rings. The number of carbonyl (C=O) groups is 1. The van der Waals surface area contributed by atoms with Gasteiger partial charge >= 0.3 is 12.1 Å². The van der Waals surface area contributed by atoms with Gasteiger partial charge in [-0.15, -0.1) is 0 Å². The number of nitrogens with two attached hydrogens (primary N) is 1. The summed E-state index contributed by atoms with van der Waals surface area (Å²) in [5, 5.41) is 0. The number of benzene rings is 2. The van der Waals surface area contributed by atoms with E-state index in [-0.39, 0.29) is 12.4 Å². The molecular formula is C17H16F3NO3. The molecule has 0 aromatic heterocycles. The molecule has 0 aliphatic carbocycles. The zero-order valence-electron chi connectivity index (χ0n) is 12.6. The lowest BCUT2D eigenvalue weighted by Gasteiger charge is -2.24. The summed E-state index contributed by atoms with van der Waals surface area (Å²) >= 11 is 0. The number of alkyl halides is 3. The Bertz CT molecular complexity index is 647. The Kier molecular flexibility index (Phi) is 5.94. The molecule has 0 heterocycles. The molecule has 2 aromatic rings. The lowest BCUT2D eigenvalue weighted by molar-refractivity contribution is -0.189. The second-order valence-electron chi connectivity index (χ2n) is 5.02. The molecule has 0 aliphatic heterocycles. The lowest BCUT2D eigenvalue weighted by Crippen LogP contribution is -2.53. The van der Waals surface area contributed by atoms with Crippen molar-refractivity contribution in [3.8, 4) is 5.75 Å². The highest BCUT2D eigenvalue weighted by Gasteiger charge is 2.46. The van der Waals surface area contributed by atoms with Crippen molar-refractivity contribution < 1.29 is 27.4 Å². The number of hydrogen-bond donors (Lipinski definition) is 1. The summed E-state index contributed by atoms with van der Waals surface area (Å²) in [5.74, 6) is -1.08. The highest BCUT2D eigenvalue weighted by molar-refractivity contribution is 5.78. The summed E-state index contributed by atoms with van der Waals surface area (Å²) in [5.41, 5.74) is 5.78. The maximum absolute atomic E-state index is 12.9. The second kappa shape index (κ2) is 7.94. The van der Waals surface area contributed by atoms with Crippen LogP contribution in [-0.2, 0) is 16.1 Å². The van der Waals surface area contributed by atoms with Gasteiger partial charge in [0.15, 0.2) is 6.10 Å². The second-order valence-corrected chi connectivity index (χ2v) is 5.02. The molecule has 0 spiro atoms. The number of hydrogen-bond acceptors (Lipinski definition) is 4. The van der Waals surface area contributed by atoms with Gasteiger partial charge in [-0.25, -0.2) is 4.79 Å². The minimum absolute atomic E-state index is 0.116. The van der Waals surface area contributed by atoms with Gasteiger partial charge in [-0.1, -0.05) is 48.5 Å². The number of halogens is 3. The first-order valence-electron chi connectivity index (χ1n) is 7.12. The van der Waals surface area contributed by atoms with Crippen LogP contribution < -0.4 is 10.5 Å². The molecule has 2 N–H and O–H groups in total. The van der Waals surface area contributed by atoms with Crippen LogP contribution in [0.5, 0.6) is 5.75 Å². The summed E-state index contributed by atoms with van der Waals surface area (Å²) in [6.45, 7) is -0.195. The topological polar surface area (TPSA) is 61.5 Å². The molecule has 7 heteroatoms. The van der Waals surface area contributed by atoms with E-state index in [4.69, 9.17) is 15.2 Å². The van der Waals surface area contributed by atoms with Crippen molar-refractivity contribution in [3.05, 3.63) is 66.2 Å². The summed E-state index contributed by atoms with van der Waals surface area (Å²) < 4.78 is 48.8. The molecule has 0 bridgehead atoms. The van der Waals surface area contributed by atoms with Crippen LogP contribution in [0, 0.1) is 0 Å². The fraction of sp³-hybridized carbons (Fsp3) is 0.235. The Labute approximate surface area is 137 Å². The Hall–Kier alpha value is -2.38. The minimum atomic E-state index is -4.79. The largest absolute Gasteiger partial charge is 0.425 e. The molecule has 24 heavy (non-hydrogen) atoms. The van der Waals surface area contributed by atoms with E-state index in [1.165, 1.54) is 12.1 Å². The van der Waals surface area contributed by atoms with Gasteiger partial charge in [-0.05, 0) is 17.7 Å². The van der Waals surface area contributed by atoms with Crippen molar-refractivity contribution in [3.63, 3.8) is 0 Å². The number of carbonyl (C=O) groups excluding carboxylic acids is 1. The van der Waals surface area contributed by atoms with Gasteiger partial charge in [0.25, 0.3) is 0 Å². The smallest absolute Gasteiger partial charge is 0.406 e. The van der Waals surface area contributed by atoms with Crippen molar-refractivity contribution in [2.75, 3.05) is 0 Å². The monoisotopic (exact) mass is 339 g/mol. The van der Waals surface area contributed by atoms with Crippen molar-refractivity contribution in [2.24, 2.45) is 5.73 Å². The van der Waals surface area contributed by atoms with Gasteiger partial charge in [0.05, 0.1) is 6.61 Å². The van der Waals surface area contributed by atoms with Crippen LogP contribution in [0.25, 0.3) is 0 Å². The quantitative estimate of drug-likeness (QED) is 0.649. The van der Waals surface area contributed by atoms with Crippen LogP contribution in [0.4, 0.5) is 13.2 Å². The minimum Gasteiger partial charge on any atom is -0.425 e. The maximum Gasteiger partial charge on any atom is 0.406 e. The molecule has 0 aliphatic rings. The Morgan fingerprint density at radius 2 is 1.54 bits per heavy atom. The number of ether oxygens (including phenoxy) is 2. The average Bonchev–Trinajstić information content (AvgIpc) is 2.56. The Morgan fingerprint density at radius 3 is 2.08 bits per heavy atom. The highest BCUT2D eigenvalue weighted by Crippen LogP contribution is 2.24. The molecule has 0 amide bonds. The predicted octanol–water partition coefficient (Wildman–Crippen LogP) is 3.07. The standard InChI is InChI=1S/C17H16F3NO3/c18-17(19,20)15(21)14(23-11-12-7-3-1-4-8-12)16(22)24-13-9-5-2-6-10-13/h1-10,14-15H,11,21H2/t14-,15-/m1/s1. The predicted molar refractivity (Wildman–Crippen MR) is 81.1 cm³/mol. The summed E-state index contributed by atoms with van der Waals surface area (Å²) in [6.07, 6.45) is -6.76. The highest BCUT2D eigenvalue weighted by atomic mass is 19.4. The lowest BCUT2D eigenvalue weighted by atomic mass is 10.1. The van der Waals surface area contributed by atoms with Crippen LogP contribution in [0.3, 0.4) is 0 Å². The molecule has 2 rings (SSSR count). The summed E-state index contributed by atoms with van der Waals surface area (Å²) in [7, 11) is 0. The third-order valence-electron chi connectivity index (χ3n) is 3.17. The van der Waals surface area contributed by atoms with E-state index in [1.54, 1.807) is 48.5 Å². The molecule has 2 atom stereocenters. The fourth-order valence-corrected chi connectivity index (χ4v) is 1.91. The third-order valence-corrected chi connectivity index (χ3v) is 3.17. The zero-order valence-corrected chi connectivity index (χ0v) is 12.6. The molecule has 2 aromatic carbocycles. The number of esters is 1. The van der Waals surface area contributed by atoms with Crippen LogP contribution in [0.2, 0.25) is 0 Å². The van der Waals surface area contributed by atoms with Gasteiger partial charge in [0.1, 0.15) is 11.8 Å². The van der Waals surface area contributed by atoms with E-state index >= 15 is 0 Å². The van der Waals surface area contributed by atoms with Crippen LogP contribution in [0.15, 0.2) is 60.7 Å². The zero-order chi connectivity index (χ0) is 17.6. The maximum atomic E-state index is 12.9. The molecule has 0 saturated carbocycles. The van der Waals surface area contributed by atoms with Gasteiger partial charge in [-0.2, -0.15) is 13.2 Å². The van der Waals surface area contributed by atoms with Gasteiger partial charge in [-0.3, -0.25) is 0 Å². The molecule has 0 unspecified atom stereocenters. The molecule has 0 saturated heterocycles. The normalized spacial score (nSPS) is 14.0. The van der Waals surface area contributed by atoms with Crippen LogP contribution >= 0.6 is 0 Å². The van der Waals surface area contributed by atoms with Crippen molar-refractivity contribution in [1.82, 2.24) is 0 Å². The van der Waals surface area contributed by atoms with Crippen molar-refractivity contribution in [1.29, 1.82) is 0 Å². The van der Waals surface area contributed by atoms with E-state index in [0.717, 1.165) is 0 Å². The Balaban J connectivity index is 2.11. The van der Waals surface area contributed by atoms with Gasteiger partial charge in [0, 0.05) is 0 Å². The summed E-state index contributed by atoms with van der Waals surface area (Å²) in [4.78, 5) is 12.1. The molecular weight excluding hydrogens is 323 g/mol. The molecule has 0 radical (unpaired) electrons. The van der Waals surface area contributed by atoms with Gasteiger partial charge < -0.3 is 15.2 Å². The van der Waals surface area contributed by atoms with Crippen molar-refractivity contribution in [2.45, 2.75) is 24.9 Å². The first-order chi connectivity index (χ1) is 11.4. The third kappa shape index (κ3) is 5.07. The van der Waals surface area contributed by atoms with Crippen LogP contribution in [0.1, 0.15) is 5.56 Å². The van der Waals surface area contributed by atoms with E-state index in [1.807, 2.05) is 0 Å². The first kappa shape index (κ1) is 18.0. The van der Waals surface area contributed by atoms with E-state index in [2.05, 4.69) is 0 Å². The van der Waals surface area contributed by atoms with Gasteiger partial charge in [0.2, 0.25) is 0 Å². The number of para-hydroxylation sites is 1. The fourth-order valence-electron chi connectivity index (χ4n) is 1.91. The van der Waals surface area contributed by atoms with Crippen LogP contribution in [-0.4, -0.2) is 24.3 Å². The molecule has 4 nitrogen and oxygen atoms in total. The van der Waals surface area contributed by atoms with Crippen molar-refractivity contribution >= 4 is 5.97 Å². The average molecular weight is 339 g/mol. The van der Waals surface area contributed by atoms with E-state index in [0.29, 0.717) is 5.56 Å². The Morgan fingerprint density at radius 1 is 1.00 bits per heavy atom. The van der Waals surface area contributed by atoms with E-state index in [9.17, 15) is 18.0 Å². The first-order valence-corrected chi connectivity index (χ1v) is 7.12. The SMILES string of the molecule is N[C@H]([C@@H](OCc1ccccc1)C(=O)Oc1ccccc1)C(F)(F)F. The number of rotatable bonds is 6. The van der Waals surface area contributed by atoms with E-state index < -0.39 is 24.3 Å². The summed E-state index contributed by atoms with van der Waals surface area (Å²) in [6, 6.07) is 13.8. The molecule has 128 valence electrons.